The first-order chi connectivity index (χ1) is 7.08. The zero-order chi connectivity index (χ0) is 11.3. The van der Waals surface area contributed by atoms with E-state index in [4.69, 9.17) is 0 Å². The van der Waals surface area contributed by atoms with Gasteiger partial charge in [0.05, 0.1) is 0 Å². The van der Waals surface area contributed by atoms with E-state index >= 15 is 0 Å². The maximum Gasteiger partial charge on any atom is 0.327 e. The second kappa shape index (κ2) is 5.38. The summed E-state index contributed by atoms with van der Waals surface area (Å²) in [4.78, 5) is 26.5. The first-order valence-electron chi connectivity index (χ1n) is 5.15. The maximum absolute atomic E-state index is 10.9. The highest BCUT2D eigenvalue weighted by atomic mass is 16.2. The van der Waals surface area contributed by atoms with E-state index < -0.39 is 5.69 Å². The number of aromatic nitrogens is 2. The Hall–Kier alpha value is -1.52. The zero-order valence-electron chi connectivity index (χ0n) is 9.09. The van der Waals surface area contributed by atoms with Crippen LogP contribution in [0.5, 0.6) is 0 Å². The Morgan fingerprint density at radius 1 is 1.33 bits per heavy atom. The molecule has 0 fully saturated rings. The number of hydrogen-bond acceptors (Lipinski definition) is 3. The van der Waals surface area contributed by atoms with Gasteiger partial charge in [0.1, 0.15) is 5.82 Å². The Bertz CT molecular complexity index is 377. The van der Waals surface area contributed by atoms with Crippen LogP contribution in [0.4, 0.5) is 5.82 Å². The quantitative estimate of drug-likeness (QED) is 0.633. The maximum atomic E-state index is 10.9. The van der Waals surface area contributed by atoms with Crippen molar-refractivity contribution in [1.29, 1.82) is 0 Å². The fourth-order valence-electron chi connectivity index (χ4n) is 1.30. The summed E-state index contributed by atoms with van der Waals surface area (Å²) in [6.45, 7) is 5.09. The minimum absolute atomic E-state index is 0.384. The van der Waals surface area contributed by atoms with Crippen LogP contribution in [0.3, 0.4) is 0 Å². The molecule has 5 heteroatoms. The van der Waals surface area contributed by atoms with Gasteiger partial charge in [0.25, 0.3) is 5.56 Å². The van der Waals surface area contributed by atoms with E-state index in [0.29, 0.717) is 11.7 Å². The Kier molecular flexibility index (Phi) is 4.15. The Morgan fingerprint density at radius 3 is 2.67 bits per heavy atom. The molecule has 5 nitrogen and oxygen atoms in total. The van der Waals surface area contributed by atoms with E-state index in [1.807, 2.05) is 0 Å². The Balaban J connectivity index is 2.44. The van der Waals surface area contributed by atoms with Crippen LogP contribution in [0, 0.1) is 5.92 Å². The summed E-state index contributed by atoms with van der Waals surface area (Å²) in [6, 6.07) is 1.34. The zero-order valence-corrected chi connectivity index (χ0v) is 9.09. The summed E-state index contributed by atoms with van der Waals surface area (Å²) in [7, 11) is 0. The van der Waals surface area contributed by atoms with Crippen LogP contribution in [0.15, 0.2) is 15.7 Å². The van der Waals surface area contributed by atoms with Gasteiger partial charge in [-0.1, -0.05) is 13.8 Å². The number of rotatable bonds is 5. The number of hydrogen-bond donors (Lipinski definition) is 3. The third kappa shape index (κ3) is 4.49. The predicted octanol–water partition coefficient (Wildman–Crippen LogP) is 0.911. The van der Waals surface area contributed by atoms with E-state index in [0.717, 1.165) is 19.4 Å². The van der Waals surface area contributed by atoms with Crippen molar-refractivity contribution < 1.29 is 0 Å². The molecule has 1 heterocycles. The second-order valence-corrected chi connectivity index (χ2v) is 3.96. The van der Waals surface area contributed by atoms with Crippen molar-refractivity contribution in [2.75, 3.05) is 11.9 Å². The molecule has 0 aliphatic heterocycles. The Morgan fingerprint density at radius 2 is 2.07 bits per heavy atom. The average Bonchev–Trinajstić information content (AvgIpc) is 2.10. The molecule has 0 saturated carbocycles. The number of aromatic amines is 2. The van der Waals surface area contributed by atoms with Gasteiger partial charge in [-0.25, -0.2) is 4.79 Å². The topological polar surface area (TPSA) is 77.8 Å². The molecule has 0 radical (unpaired) electrons. The van der Waals surface area contributed by atoms with Crippen molar-refractivity contribution in [2.24, 2.45) is 5.92 Å². The summed E-state index contributed by atoms with van der Waals surface area (Å²) >= 11 is 0. The fraction of sp³-hybridized carbons (Fsp3) is 0.600. The lowest BCUT2D eigenvalue weighted by molar-refractivity contribution is 0.566. The molecule has 1 aromatic heterocycles. The molecule has 0 spiro atoms. The van der Waals surface area contributed by atoms with Crippen LogP contribution < -0.4 is 16.6 Å². The van der Waals surface area contributed by atoms with Crippen molar-refractivity contribution in [2.45, 2.75) is 26.7 Å². The standard InChI is InChI=1S/C10H17N3O2/c1-7(2)4-3-5-11-8-6-9(14)13-10(15)12-8/h6-7H,3-5H2,1-2H3,(H3,11,12,13,14,15). The lowest BCUT2D eigenvalue weighted by Gasteiger charge is -2.06. The van der Waals surface area contributed by atoms with Gasteiger partial charge in [-0.15, -0.1) is 0 Å². The highest BCUT2D eigenvalue weighted by Gasteiger charge is 1.96. The highest BCUT2D eigenvalue weighted by molar-refractivity contribution is 5.31. The molecule has 0 saturated heterocycles. The van der Waals surface area contributed by atoms with Crippen LogP contribution in [-0.2, 0) is 0 Å². The lowest BCUT2D eigenvalue weighted by Crippen LogP contribution is -2.23. The molecule has 0 aliphatic rings. The number of anilines is 1. The summed E-state index contributed by atoms with van der Waals surface area (Å²) < 4.78 is 0. The van der Waals surface area contributed by atoms with Crippen molar-refractivity contribution in [1.82, 2.24) is 9.97 Å². The molecule has 0 amide bonds. The number of nitrogens with one attached hydrogen (secondary N) is 3. The van der Waals surface area contributed by atoms with E-state index in [-0.39, 0.29) is 5.56 Å². The van der Waals surface area contributed by atoms with Gasteiger partial charge in [0.2, 0.25) is 0 Å². The Labute approximate surface area is 87.9 Å². The largest absolute Gasteiger partial charge is 0.371 e. The SMILES string of the molecule is CC(C)CCCNc1cc(=O)[nH]c(=O)[nH]1. The van der Waals surface area contributed by atoms with E-state index in [1.165, 1.54) is 6.07 Å². The summed E-state index contributed by atoms with van der Waals surface area (Å²) in [5.41, 5.74) is -0.862. The predicted molar refractivity (Wildman–Crippen MR) is 60.2 cm³/mol. The molecule has 0 atom stereocenters. The molecule has 0 aliphatic carbocycles. The average molecular weight is 211 g/mol. The fourth-order valence-corrected chi connectivity index (χ4v) is 1.30. The minimum Gasteiger partial charge on any atom is -0.371 e. The van der Waals surface area contributed by atoms with Crippen LogP contribution in [-0.4, -0.2) is 16.5 Å². The third-order valence-corrected chi connectivity index (χ3v) is 2.03. The minimum atomic E-state index is -0.478. The normalized spacial score (nSPS) is 10.6. The molecular weight excluding hydrogens is 194 g/mol. The van der Waals surface area contributed by atoms with Gasteiger partial charge in [-0.3, -0.25) is 14.8 Å². The molecule has 0 bridgehead atoms. The molecule has 84 valence electrons. The van der Waals surface area contributed by atoms with Crippen LogP contribution in [0.25, 0.3) is 0 Å². The molecule has 15 heavy (non-hydrogen) atoms. The first kappa shape index (κ1) is 11.6. The van der Waals surface area contributed by atoms with E-state index in [1.54, 1.807) is 0 Å². The molecule has 3 N–H and O–H groups in total. The molecule has 1 aromatic rings. The van der Waals surface area contributed by atoms with Gasteiger partial charge in [-0.05, 0) is 18.8 Å². The molecule has 0 aromatic carbocycles. The summed E-state index contributed by atoms with van der Waals surface area (Å²) in [5, 5.41) is 3.01. The van der Waals surface area contributed by atoms with Gasteiger partial charge >= 0.3 is 5.69 Å². The monoisotopic (exact) mass is 211 g/mol. The smallest absolute Gasteiger partial charge is 0.327 e. The summed E-state index contributed by atoms with van der Waals surface area (Å²) in [5.74, 6) is 1.15. The molecule has 0 unspecified atom stereocenters. The first-order valence-corrected chi connectivity index (χ1v) is 5.15. The van der Waals surface area contributed by atoms with Crippen molar-refractivity contribution in [3.8, 4) is 0 Å². The van der Waals surface area contributed by atoms with Crippen LogP contribution >= 0.6 is 0 Å². The highest BCUT2D eigenvalue weighted by Crippen LogP contribution is 2.03. The van der Waals surface area contributed by atoms with Gasteiger partial charge in [0.15, 0.2) is 0 Å². The van der Waals surface area contributed by atoms with Crippen molar-refractivity contribution >= 4 is 5.82 Å². The molecule has 1 rings (SSSR count). The van der Waals surface area contributed by atoms with Gasteiger partial charge in [0, 0.05) is 12.6 Å². The second-order valence-electron chi connectivity index (χ2n) is 3.96. The number of H-pyrrole nitrogens is 2. The van der Waals surface area contributed by atoms with Gasteiger partial charge < -0.3 is 5.32 Å². The molecular formula is C10H17N3O2. The van der Waals surface area contributed by atoms with E-state index in [2.05, 4.69) is 29.1 Å². The van der Waals surface area contributed by atoms with Crippen LogP contribution in [0.2, 0.25) is 0 Å². The van der Waals surface area contributed by atoms with Crippen LogP contribution in [0.1, 0.15) is 26.7 Å². The van der Waals surface area contributed by atoms with Gasteiger partial charge in [-0.2, -0.15) is 0 Å². The van der Waals surface area contributed by atoms with E-state index in [9.17, 15) is 9.59 Å². The van der Waals surface area contributed by atoms with Crippen molar-refractivity contribution in [3.63, 3.8) is 0 Å². The van der Waals surface area contributed by atoms with Crippen molar-refractivity contribution in [3.05, 3.63) is 26.9 Å². The summed E-state index contributed by atoms with van der Waals surface area (Å²) in [6.07, 6.45) is 2.15. The third-order valence-electron chi connectivity index (χ3n) is 2.03. The lowest BCUT2D eigenvalue weighted by atomic mass is 10.1.